The van der Waals surface area contributed by atoms with Crippen LogP contribution in [0.4, 0.5) is 30.7 Å². The third-order valence-corrected chi connectivity index (χ3v) is 5.87. The standard InChI is InChI=1S/C26H24F7N3O/c1-15-13-18(7-10-20(15)27)21(11-3-16-4-12-22(35-14-16)26(31,32)33)36-23(24(37)34-2)17-5-8-19(9-6-17)25(28,29)30/h4-10,12-14,21,23,36H,3,11H2,1-2H3,(H,34,37)/t21?,23-/m1/s1. The zero-order valence-electron chi connectivity index (χ0n) is 19.8. The second kappa shape index (κ2) is 11.3. The molecule has 0 aliphatic carbocycles. The third kappa shape index (κ3) is 7.28. The summed E-state index contributed by atoms with van der Waals surface area (Å²) in [5, 5.41) is 5.61. The van der Waals surface area contributed by atoms with E-state index < -0.39 is 47.4 Å². The number of carbonyl (C=O) groups excluding carboxylic acids is 1. The summed E-state index contributed by atoms with van der Waals surface area (Å²) in [5.74, 6) is -0.959. The minimum atomic E-state index is -4.57. The first-order valence-corrected chi connectivity index (χ1v) is 11.2. The number of aromatic nitrogens is 1. The molecule has 1 amide bonds. The smallest absolute Gasteiger partial charge is 0.358 e. The van der Waals surface area contributed by atoms with Crippen molar-refractivity contribution in [2.45, 2.75) is 44.2 Å². The van der Waals surface area contributed by atoms with Crippen molar-refractivity contribution in [3.8, 4) is 0 Å². The fourth-order valence-electron chi connectivity index (χ4n) is 3.82. The molecule has 1 heterocycles. The zero-order valence-corrected chi connectivity index (χ0v) is 19.8. The zero-order chi connectivity index (χ0) is 27.4. The van der Waals surface area contributed by atoms with E-state index in [0.717, 1.165) is 24.4 Å². The maximum atomic E-state index is 13.9. The maximum absolute atomic E-state index is 13.9. The number of hydrogen-bond donors (Lipinski definition) is 2. The fraction of sp³-hybridized carbons (Fsp3) is 0.308. The van der Waals surface area contributed by atoms with E-state index in [1.165, 1.54) is 37.4 Å². The van der Waals surface area contributed by atoms with Crippen molar-refractivity contribution in [2.75, 3.05) is 7.05 Å². The number of alkyl halides is 6. The summed E-state index contributed by atoms with van der Waals surface area (Å²) < 4.78 is 91.4. The van der Waals surface area contributed by atoms with E-state index in [2.05, 4.69) is 15.6 Å². The number of likely N-dealkylation sites (N-methyl/N-ethyl adjacent to an activating group) is 1. The number of amides is 1. The van der Waals surface area contributed by atoms with E-state index in [1.54, 1.807) is 13.0 Å². The Balaban J connectivity index is 1.90. The number of benzene rings is 2. The average Bonchev–Trinajstić information content (AvgIpc) is 2.85. The molecule has 1 aromatic heterocycles. The predicted octanol–water partition coefficient (Wildman–Crippen LogP) is 6.32. The molecule has 3 rings (SSSR count). The van der Waals surface area contributed by atoms with Gasteiger partial charge in [-0.3, -0.25) is 15.1 Å². The van der Waals surface area contributed by atoms with E-state index >= 15 is 0 Å². The predicted molar refractivity (Wildman–Crippen MR) is 123 cm³/mol. The summed E-state index contributed by atoms with van der Waals surface area (Å²) in [5.41, 5.74) is -0.183. The van der Waals surface area contributed by atoms with Crippen molar-refractivity contribution in [2.24, 2.45) is 0 Å². The lowest BCUT2D eigenvalue weighted by Gasteiger charge is -2.26. The van der Waals surface area contributed by atoms with Gasteiger partial charge in [0.25, 0.3) is 0 Å². The van der Waals surface area contributed by atoms with Gasteiger partial charge in [-0.05, 0) is 66.3 Å². The molecular weight excluding hydrogens is 503 g/mol. The second-order valence-electron chi connectivity index (χ2n) is 8.48. The normalized spacial score (nSPS) is 13.8. The van der Waals surface area contributed by atoms with Crippen molar-refractivity contribution in [1.82, 2.24) is 15.6 Å². The summed E-state index contributed by atoms with van der Waals surface area (Å²) in [7, 11) is 1.38. The first-order chi connectivity index (χ1) is 17.3. The van der Waals surface area contributed by atoms with E-state index in [9.17, 15) is 35.5 Å². The van der Waals surface area contributed by atoms with Gasteiger partial charge >= 0.3 is 12.4 Å². The Labute approximate surface area is 208 Å². The van der Waals surface area contributed by atoms with Crippen LogP contribution in [0.3, 0.4) is 0 Å². The van der Waals surface area contributed by atoms with Crippen molar-refractivity contribution in [3.63, 3.8) is 0 Å². The molecule has 0 fully saturated rings. The molecule has 0 spiro atoms. The van der Waals surface area contributed by atoms with E-state index in [-0.39, 0.29) is 18.4 Å². The maximum Gasteiger partial charge on any atom is 0.433 e. The highest BCUT2D eigenvalue weighted by atomic mass is 19.4. The van der Waals surface area contributed by atoms with Crippen molar-refractivity contribution < 1.29 is 35.5 Å². The first-order valence-electron chi connectivity index (χ1n) is 11.2. The highest BCUT2D eigenvalue weighted by Crippen LogP contribution is 2.32. The summed E-state index contributed by atoms with van der Waals surface area (Å²) in [6.45, 7) is 1.56. The van der Waals surface area contributed by atoms with Crippen LogP contribution in [-0.2, 0) is 23.6 Å². The Hall–Kier alpha value is -3.47. The Morgan fingerprint density at radius 2 is 1.57 bits per heavy atom. The van der Waals surface area contributed by atoms with Gasteiger partial charge in [-0.2, -0.15) is 26.3 Å². The summed E-state index contributed by atoms with van der Waals surface area (Å²) in [6.07, 6.45) is -7.48. The third-order valence-electron chi connectivity index (χ3n) is 5.87. The van der Waals surface area contributed by atoms with Gasteiger partial charge in [0.1, 0.15) is 17.6 Å². The van der Waals surface area contributed by atoms with Crippen LogP contribution in [0.1, 0.15) is 52.0 Å². The van der Waals surface area contributed by atoms with Gasteiger partial charge in [0.2, 0.25) is 5.91 Å². The minimum absolute atomic E-state index is 0.257. The lowest BCUT2D eigenvalue weighted by Crippen LogP contribution is -2.38. The molecule has 0 aliphatic rings. The van der Waals surface area contributed by atoms with Crippen molar-refractivity contribution >= 4 is 5.91 Å². The Morgan fingerprint density at radius 3 is 2.08 bits per heavy atom. The Morgan fingerprint density at radius 1 is 0.919 bits per heavy atom. The minimum Gasteiger partial charge on any atom is -0.358 e. The SMILES string of the molecule is CNC(=O)[C@H](NC(CCc1ccc(C(F)(F)F)nc1)c1ccc(F)c(C)c1)c1ccc(C(F)(F)F)cc1. The Bertz CT molecular complexity index is 1210. The molecule has 11 heteroatoms. The number of pyridine rings is 1. The molecule has 4 nitrogen and oxygen atoms in total. The van der Waals surface area contributed by atoms with Crippen LogP contribution < -0.4 is 10.6 Å². The number of carbonyl (C=O) groups is 1. The van der Waals surface area contributed by atoms with Gasteiger partial charge in [0, 0.05) is 19.3 Å². The highest BCUT2D eigenvalue weighted by molar-refractivity contribution is 5.83. The van der Waals surface area contributed by atoms with Crippen LogP contribution in [0.5, 0.6) is 0 Å². The van der Waals surface area contributed by atoms with Crippen molar-refractivity contribution in [1.29, 1.82) is 0 Å². The lowest BCUT2D eigenvalue weighted by molar-refractivity contribution is -0.141. The molecule has 2 atom stereocenters. The molecular formula is C26H24F7N3O. The highest BCUT2D eigenvalue weighted by Gasteiger charge is 2.33. The molecule has 0 bridgehead atoms. The van der Waals surface area contributed by atoms with E-state index in [0.29, 0.717) is 16.7 Å². The van der Waals surface area contributed by atoms with Gasteiger partial charge in [-0.25, -0.2) is 4.39 Å². The topological polar surface area (TPSA) is 54.0 Å². The number of nitrogens with one attached hydrogen (secondary N) is 2. The molecule has 0 aliphatic heterocycles. The number of nitrogens with zero attached hydrogens (tertiary/aromatic N) is 1. The van der Waals surface area contributed by atoms with Crippen LogP contribution in [-0.4, -0.2) is 17.9 Å². The first kappa shape index (κ1) is 28.1. The Kier molecular flexibility index (Phi) is 8.57. The molecule has 0 saturated carbocycles. The number of hydrogen-bond acceptors (Lipinski definition) is 3. The van der Waals surface area contributed by atoms with Gasteiger partial charge in [-0.15, -0.1) is 0 Å². The fourth-order valence-corrected chi connectivity index (χ4v) is 3.82. The summed E-state index contributed by atoms with van der Waals surface area (Å²) in [4.78, 5) is 16.2. The van der Waals surface area contributed by atoms with Crippen LogP contribution in [0.25, 0.3) is 0 Å². The van der Waals surface area contributed by atoms with Gasteiger partial charge in [-0.1, -0.05) is 30.3 Å². The number of halogens is 7. The monoisotopic (exact) mass is 527 g/mol. The van der Waals surface area contributed by atoms with E-state index in [1.807, 2.05) is 0 Å². The van der Waals surface area contributed by atoms with Gasteiger partial charge in [0.15, 0.2) is 0 Å². The number of rotatable bonds is 8. The second-order valence-corrected chi connectivity index (χ2v) is 8.48. The molecule has 1 unspecified atom stereocenters. The molecule has 2 N–H and O–H groups in total. The van der Waals surface area contributed by atoms with Gasteiger partial charge in [0.05, 0.1) is 5.56 Å². The van der Waals surface area contributed by atoms with Crippen LogP contribution in [0.2, 0.25) is 0 Å². The van der Waals surface area contributed by atoms with Crippen LogP contribution in [0.15, 0.2) is 60.8 Å². The summed E-state index contributed by atoms with van der Waals surface area (Å²) >= 11 is 0. The lowest BCUT2D eigenvalue weighted by atomic mass is 9.95. The quantitative estimate of drug-likeness (QED) is 0.337. The van der Waals surface area contributed by atoms with Gasteiger partial charge < -0.3 is 5.32 Å². The largest absolute Gasteiger partial charge is 0.433 e. The van der Waals surface area contributed by atoms with E-state index in [4.69, 9.17) is 0 Å². The van der Waals surface area contributed by atoms with Crippen LogP contribution >= 0.6 is 0 Å². The summed E-state index contributed by atoms with van der Waals surface area (Å²) in [6, 6.07) is 8.99. The molecule has 37 heavy (non-hydrogen) atoms. The average molecular weight is 527 g/mol. The molecule has 0 radical (unpaired) electrons. The molecule has 2 aromatic carbocycles. The molecule has 0 saturated heterocycles. The molecule has 3 aromatic rings. The number of aryl methyl sites for hydroxylation is 2. The van der Waals surface area contributed by atoms with Crippen molar-refractivity contribution in [3.05, 3.63) is 100 Å². The van der Waals surface area contributed by atoms with Crippen LogP contribution in [0, 0.1) is 12.7 Å². The molecule has 198 valence electrons.